The molecular weight excluding hydrogens is 556 g/mol. The highest BCUT2D eigenvalue weighted by Crippen LogP contribution is 2.72. The topological polar surface area (TPSA) is 200 Å². The molecule has 230 valence electrons. The third kappa shape index (κ3) is 3.78. The van der Waals surface area contributed by atoms with Crippen molar-refractivity contribution in [2.45, 2.75) is 90.0 Å². The van der Waals surface area contributed by atoms with E-state index < -0.39 is 106 Å². The summed E-state index contributed by atoms with van der Waals surface area (Å²) in [5.41, 5.74) is -6.08. The van der Waals surface area contributed by atoms with E-state index in [1.165, 1.54) is 13.8 Å². The fourth-order valence-electron chi connectivity index (χ4n) is 8.86. The minimum atomic E-state index is -2.54. The molecule has 2 aliphatic heterocycles. The zero-order valence-corrected chi connectivity index (χ0v) is 24.2. The van der Waals surface area contributed by atoms with Gasteiger partial charge in [0.15, 0.2) is 5.78 Å². The molecule has 1 spiro atoms. The van der Waals surface area contributed by atoms with Gasteiger partial charge in [0.25, 0.3) is 0 Å². The van der Waals surface area contributed by atoms with Crippen LogP contribution in [0.2, 0.25) is 0 Å². The Bertz CT molecular complexity index is 1320. The lowest BCUT2D eigenvalue weighted by molar-refractivity contribution is -0.294. The normalized spacial score (nSPS) is 44.5. The third-order valence-electron chi connectivity index (χ3n) is 10.8. The quantitative estimate of drug-likeness (QED) is 0.168. The number of carbonyl (C=O) groups is 6. The summed E-state index contributed by atoms with van der Waals surface area (Å²) >= 11 is 0. The molecule has 0 aromatic rings. The van der Waals surface area contributed by atoms with Crippen molar-refractivity contribution in [3.63, 3.8) is 0 Å². The number of hydrogen-bond acceptors (Lipinski definition) is 12. The van der Waals surface area contributed by atoms with E-state index in [0.29, 0.717) is 0 Å². The van der Waals surface area contributed by atoms with Crippen molar-refractivity contribution < 1.29 is 63.0 Å². The molecule has 13 heteroatoms. The van der Waals surface area contributed by atoms with Gasteiger partial charge in [-0.05, 0) is 44.1 Å². The Labute approximate surface area is 241 Å². The lowest BCUT2D eigenvalue weighted by Gasteiger charge is -2.67. The predicted octanol–water partition coefficient (Wildman–Crippen LogP) is 0.124. The number of aliphatic hydroxyl groups is 2. The second kappa shape index (κ2) is 9.42. The van der Waals surface area contributed by atoms with Crippen LogP contribution < -0.4 is 0 Å². The van der Waals surface area contributed by atoms with Crippen molar-refractivity contribution in [1.82, 2.24) is 0 Å². The Kier molecular flexibility index (Phi) is 6.80. The van der Waals surface area contributed by atoms with E-state index in [9.17, 15) is 44.1 Å². The fourth-order valence-corrected chi connectivity index (χ4v) is 8.86. The minimum absolute atomic E-state index is 0.0769. The molecule has 11 atom stereocenters. The van der Waals surface area contributed by atoms with Gasteiger partial charge in [-0.15, -0.1) is 0 Å². The number of rotatable bonds is 5. The molecule has 0 aromatic heterocycles. The highest BCUT2D eigenvalue weighted by molar-refractivity contribution is 6.38. The molecule has 2 saturated heterocycles. The number of carboxylic acid groups (broad SMARTS) is 1. The van der Waals surface area contributed by atoms with Crippen LogP contribution in [0.25, 0.3) is 0 Å². The summed E-state index contributed by atoms with van der Waals surface area (Å²) < 4.78 is 22.5. The second-order valence-corrected chi connectivity index (χ2v) is 13.2. The third-order valence-corrected chi connectivity index (χ3v) is 10.8. The maximum atomic E-state index is 13.5. The molecule has 2 bridgehead atoms. The number of aliphatic carboxylic acids is 1. The summed E-state index contributed by atoms with van der Waals surface area (Å²) in [6.07, 6.45) is -5.91. The van der Waals surface area contributed by atoms with Crippen molar-refractivity contribution in [2.24, 2.45) is 34.5 Å². The van der Waals surface area contributed by atoms with Gasteiger partial charge >= 0.3 is 23.9 Å². The number of hydrogen-bond donors (Lipinski definition) is 3. The lowest BCUT2D eigenvalue weighted by atomic mass is 9.37. The van der Waals surface area contributed by atoms with Gasteiger partial charge in [0.2, 0.25) is 17.5 Å². The van der Waals surface area contributed by atoms with E-state index in [0.717, 1.165) is 6.08 Å². The largest absolute Gasteiger partial charge is 0.479 e. The molecule has 3 N–H and O–H groups in total. The first-order chi connectivity index (χ1) is 19.4. The Morgan fingerprint density at radius 2 is 1.74 bits per heavy atom. The Balaban J connectivity index is 1.62. The van der Waals surface area contributed by atoms with Gasteiger partial charge in [-0.2, -0.15) is 0 Å². The number of carbonyl (C=O) groups excluding carboxylic acids is 5. The summed E-state index contributed by atoms with van der Waals surface area (Å²) in [5.74, 6) is -9.47. The molecule has 3 saturated carbocycles. The average molecular weight is 593 g/mol. The highest BCUT2D eigenvalue weighted by atomic mass is 16.6. The molecule has 5 fully saturated rings. The van der Waals surface area contributed by atoms with E-state index in [1.807, 2.05) is 0 Å². The van der Waals surface area contributed by atoms with Crippen molar-refractivity contribution >= 4 is 35.4 Å². The monoisotopic (exact) mass is 592 g/mol. The van der Waals surface area contributed by atoms with Gasteiger partial charge in [0, 0.05) is 36.7 Å². The predicted molar refractivity (Wildman–Crippen MR) is 137 cm³/mol. The summed E-state index contributed by atoms with van der Waals surface area (Å²) in [5, 5.41) is 33.5. The van der Waals surface area contributed by atoms with Gasteiger partial charge < -0.3 is 34.3 Å². The average Bonchev–Trinajstić information content (AvgIpc) is 3.18. The number of fused-ring (bicyclic) bond motifs is 2. The number of esters is 3. The molecule has 13 nitrogen and oxygen atoms in total. The number of ketones is 2. The molecule has 0 amide bonds. The maximum absolute atomic E-state index is 13.5. The Hall–Kier alpha value is -3.16. The van der Waals surface area contributed by atoms with E-state index in [1.54, 1.807) is 27.7 Å². The van der Waals surface area contributed by atoms with Crippen LogP contribution >= 0.6 is 0 Å². The smallest absolute Gasteiger partial charge is 0.348 e. The molecule has 5 aliphatic rings. The molecule has 2 heterocycles. The van der Waals surface area contributed by atoms with E-state index in [-0.39, 0.29) is 25.0 Å². The van der Waals surface area contributed by atoms with E-state index >= 15 is 0 Å². The SMILES string of the molecule is CC(=O)OC(C)(C)C(C)=CC(=O)O[C@H]1C(=O)O[C@@H]2C[C@@H]3C(C)C(=O)C(=O)C[C@]3(C)[C@H]3[C@@H](O)[C@H](O)[C@@]4(C(=O)O)OC[C@]32[C@@H]14. The molecule has 5 rings (SSSR count). The van der Waals surface area contributed by atoms with Crippen LogP contribution in [0.15, 0.2) is 11.6 Å². The Morgan fingerprint density at radius 3 is 2.33 bits per heavy atom. The van der Waals surface area contributed by atoms with E-state index in [4.69, 9.17) is 18.9 Å². The molecule has 42 heavy (non-hydrogen) atoms. The summed E-state index contributed by atoms with van der Waals surface area (Å²) in [4.78, 5) is 76.6. The van der Waals surface area contributed by atoms with Gasteiger partial charge in [-0.1, -0.05) is 13.8 Å². The van der Waals surface area contributed by atoms with Crippen LogP contribution in [-0.4, -0.2) is 93.0 Å². The zero-order chi connectivity index (χ0) is 31.3. The first kappa shape index (κ1) is 30.3. The van der Waals surface area contributed by atoms with Crippen molar-refractivity contribution in [2.75, 3.05) is 6.61 Å². The van der Waals surface area contributed by atoms with Crippen molar-refractivity contribution in [1.29, 1.82) is 0 Å². The summed E-state index contributed by atoms with van der Waals surface area (Å²) in [6.45, 7) is 8.73. The van der Waals surface area contributed by atoms with Crippen LogP contribution in [0, 0.1) is 34.5 Å². The van der Waals surface area contributed by atoms with Crippen LogP contribution in [0.4, 0.5) is 0 Å². The first-order valence-corrected chi connectivity index (χ1v) is 14.0. The van der Waals surface area contributed by atoms with Crippen LogP contribution in [0.1, 0.15) is 54.4 Å². The number of carboxylic acids is 1. The minimum Gasteiger partial charge on any atom is -0.479 e. The maximum Gasteiger partial charge on any atom is 0.348 e. The van der Waals surface area contributed by atoms with Gasteiger partial charge in [-0.25, -0.2) is 14.4 Å². The van der Waals surface area contributed by atoms with Crippen molar-refractivity contribution in [3.8, 4) is 0 Å². The first-order valence-electron chi connectivity index (χ1n) is 14.0. The van der Waals surface area contributed by atoms with Crippen LogP contribution in [-0.2, 0) is 47.7 Å². The van der Waals surface area contributed by atoms with Crippen molar-refractivity contribution in [3.05, 3.63) is 11.6 Å². The van der Waals surface area contributed by atoms with Gasteiger partial charge in [0.05, 0.1) is 18.6 Å². The number of ether oxygens (including phenoxy) is 4. The number of aliphatic hydroxyl groups excluding tert-OH is 2. The number of Topliss-reactive ketones (excluding diaryl/α,β-unsaturated/α-hetero) is 2. The Morgan fingerprint density at radius 1 is 1.10 bits per heavy atom. The van der Waals surface area contributed by atoms with E-state index in [2.05, 4.69) is 0 Å². The molecule has 1 unspecified atom stereocenters. The highest BCUT2D eigenvalue weighted by Gasteiger charge is 2.85. The van der Waals surface area contributed by atoms with Crippen LogP contribution in [0.3, 0.4) is 0 Å². The fraction of sp³-hybridized carbons (Fsp3) is 0.724. The zero-order valence-electron chi connectivity index (χ0n) is 24.2. The standard InChI is InChI=1S/C29H36O13/c1-11(26(4,5)42-13(3)30)7-17(32)41-20-22-28-10-39-29(22,25(37)38)23(35)19(34)21(28)27(6)9-15(31)18(33)12(2)14(27)8-16(28)40-24(20)36/h7,12,14,16,19-23,34-35H,8-10H2,1-6H3,(H,37,38)/t12?,14-,16-,19-,20-,21-,22-,23+,27+,28-,29+/m1/s1. The molecule has 3 aliphatic carbocycles. The molecule has 0 radical (unpaired) electrons. The van der Waals surface area contributed by atoms with Gasteiger partial charge in [0.1, 0.15) is 17.8 Å². The van der Waals surface area contributed by atoms with Crippen LogP contribution in [0.5, 0.6) is 0 Å². The molecule has 0 aromatic carbocycles. The molecular formula is C29H36O13. The lowest BCUT2D eigenvalue weighted by Crippen LogP contribution is -2.79. The summed E-state index contributed by atoms with van der Waals surface area (Å²) in [7, 11) is 0. The second-order valence-electron chi connectivity index (χ2n) is 13.2. The van der Waals surface area contributed by atoms with Gasteiger partial charge in [-0.3, -0.25) is 14.4 Å². The summed E-state index contributed by atoms with van der Waals surface area (Å²) in [6, 6.07) is 0.